The molecule has 0 radical (unpaired) electrons. The average Bonchev–Trinajstić information content (AvgIpc) is 3.22. The van der Waals surface area contributed by atoms with Gasteiger partial charge in [0.05, 0.1) is 6.04 Å². The highest BCUT2D eigenvalue weighted by Gasteiger charge is 2.47. The summed E-state index contributed by atoms with van der Waals surface area (Å²) < 4.78 is 13.9. The number of carbonyl (C=O) groups is 2. The van der Waals surface area contributed by atoms with E-state index in [9.17, 15) is 14.0 Å². The van der Waals surface area contributed by atoms with Gasteiger partial charge in [0.1, 0.15) is 5.82 Å². The molecule has 1 aliphatic rings. The van der Waals surface area contributed by atoms with Crippen LogP contribution in [0.5, 0.6) is 0 Å². The zero-order valence-electron chi connectivity index (χ0n) is 15.4. The van der Waals surface area contributed by atoms with Crippen molar-refractivity contribution in [1.29, 1.82) is 0 Å². The summed E-state index contributed by atoms with van der Waals surface area (Å²) in [4.78, 5) is 25.3. The zero-order valence-corrected chi connectivity index (χ0v) is 15.4. The van der Waals surface area contributed by atoms with Gasteiger partial charge in [-0.15, -0.1) is 0 Å². The normalized spacial score (nSPS) is 22.0. The maximum absolute atomic E-state index is 13.9. The van der Waals surface area contributed by atoms with E-state index in [1.54, 1.807) is 18.2 Å². The van der Waals surface area contributed by atoms with Gasteiger partial charge in [-0.3, -0.25) is 9.59 Å². The summed E-state index contributed by atoms with van der Waals surface area (Å²) in [6.45, 7) is 11.4. The van der Waals surface area contributed by atoms with E-state index in [2.05, 4.69) is 5.32 Å². The molecule has 24 heavy (non-hydrogen) atoms. The molecule has 0 spiro atoms. The Morgan fingerprint density at radius 2 is 1.71 bits per heavy atom. The lowest BCUT2D eigenvalue weighted by Crippen LogP contribution is -2.53. The molecule has 0 heterocycles. The summed E-state index contributed by atoms with van der Waals surface area (Å²) in [6.07, 6.45) is 0.632. The molecule has 3 nitrogen and oxygen atoms in total. The number of hydrogen-bond acceptors (Lipinski definition) is 2. The average molecular weight is 333 g/mol. The second kappa shape index (κ2) is 6.30. The van der Waals surface area contributed by atoms with Crippen molar-refractivity contribution < 1.29 is 14.0 Å². The zero-order chi connectivity index (χ0) is 18.3. The van der Waals surface area contributed by atoms with E-state index in [0.29, 0.717) is 12.0 Å². The Labute approximate surface area is 144 Å². The van der Waals surface area contributed by atoms with Crippen LogP contribution in [0.25, 0.3) is 0 Å². The smallest absolute Gasteiger partial charge is 0.224 e. The maximum Gasteiger partial charge on any atom is 0.224 e. The fourth-order valence-corrected chi connectivity index (χ4v) is 2.96. The van der Waals surface area contributed by atoms with Crippen LogP contribution in [0.2, 0.25) is 0 Å². The van der Waals surface area contributed by atoms with E-state index < -0.39 is 11.5 Å². The molecule has 3 atom stereocenters. The van der Waals surface area contributed by atoms with E-state index in [1.165, 1.54) is 6.07 Å². The molecule has 1 aromatic rings. The first-order chi connectivity index (χ1) is 10.9. The Kier molecular flexibility index (Phi) is 4.89. The van der Waals surface area contributed by atoms with Crippen molar-refractivity contribution in [2.24, 2.45) is 16.7 Å². The number of carbonyl (C=O) groups excluding carboxylic acids is 2. The van der Waals surface area contributed by atoms with Gasteiger partial charge < -0.3 is 5.32 Å². The van der Waals surface area contributed by atoms with Crippen molar-refractivity contribution in [3.05, 3.63) is 35.6 Å². The van der Waals surface area contributed by atoms with Gasteiger partial charge in [-0.25, -0.2) is 4.39 Å². The second-order valence-electron chi connectivity index (χ2n) is 8.89. The third-order valence-electron chi connectivity index (χ3n) is 4.59. The minimum absolute atomic E-state index is 0.0199. The molecule has 1 fully saturated rings. The SMILES string of the molecule is CC(C)(C)C(=O)C(NC(=O)C1C[C@H]1c1ccccc1F)C(C)(C)C. The van der Waals surface area contributed by atoms with Crippen LogP contribution in [0.3, 0.4) is 0 Å². The van der Waals surface area contributed by atoms with Gasteiger partial charge in [-0.05, 0) is 29.4 Å². The Bertz CT molecular complexity index is 640. The predicted molar refractivity (Wildman–Crippen MR) is 93.1 cm³/mol. The molecule has 132 valence electrons. The number of ketones is 1. The highest BCUT2D eigenvalue weighted by Crippen LogP contribution is 2.48. The van der Waals surface area contributed by atoms with Gasteiger partial charge in [0.2, 0.25) is 5.91 Å². The third-order valence-corrected chi connectivity index (χ3v) is 4.59. The maximum atomic E-state index is 13.9. The van der Waals surface area contributed by atoms with Crippen molar-refractivity contribution in [3.63, 3.8) is 0 Å². The van der Waals surface area contributed by atoms with Crippen LogP contribution >= 0.6 is 0 Å². The van der Waals surface area contributed by atoms with Crippen LogP contribution in [0.1, 0.15) is 59.4 Å². The van der Waals surface area contributed by atoms with Gasteiger partial charge in [-0.1, -0.05) is 59.7 Å². The van der Waals surface area contributed by atoms with Crippen LogP contribution in [0, 0.1) is 22.6 Å². The Morgan fingerprint density at radius 3 is 2.21 bits per heavy atom. The highest BCUT2D eigenvalue weighted by atomic mass is 19.1. The van der Waals surface area contributed by atoms with Crippen LogP contribution in [0.15, 0.2) is 24.3 Å². The molecular formula is C20H28FNO2. The molecule has 2 rings (SSSR count). The molecule has 1 aromatic carbocycles. The lowest BCUT2D eigenvalue weighted by molar-refractivity contribution is -0.135. The molecule has 0 aliphatic heterocycles. The molecule has 1 aliphatic carbocycles. The van der Waals surface area contributed by atoms with Crippen LogP contribution in [-0.2, 0) is 9.59 Å². The summed E-state index contributed by atoms with van der Waals surface area (Å²) in [7, 11) is 0. The van der Waals surface area contributed by atoms with E-state index in [0.717, 1.165) is 0 Å². The van der Waals surface area contributed by atoms with Crippen LogP contribution in [0.4, 0.5) is 4.39 Å². The standard InChI is InChI=1S/C20H28FNO2/c1-19(2,3)16(17(23)20(4,5)6)22-18(24)14-11-13(14)12-9-7-8-10-15(12)21/h7-10,13-14,16H,11H2,1-6H3,(H,22,24)/t13-,14?,16?/m0/s1. The lowest BCUT2D eigenvalue weighted by atomic mass is 9.75. The summed E-state index contributed by atoms with van der Waals surface area (Å²) in [5.41, 5.74) is -0.311. The molecule has 0 aromatic heterocycles. The molecule has 1 amide bonds. The van der Waals surface area contributed by atoms with E-state index >= 15 is 0 Å². The topological polar surface area (TPSA) is 46.2 Å². The van der Waals surface area contributed by atoms with Crippen molar-refractivity contribution >= 4 is 11.7 Å². The number of nitrogens with one attached hydrogen (secondary N) is 1. The molecule has 4 heteroatoms. The van der Waals surface area contributed by atoms with Gasteiger partial charge in [0.15, 0.2) is 5.78 Å². The fourth-order valence-electron chi connectivity index (χ4n) is 2.96. The Morgan fingerprint density at radius 1 is 1.12 bits per heavy atom. The van der Waals surface area contributed by atoms with Gasteiger partial charge >= 0.3 is 0 Å². The number of halogens is 1. The quantitative estimate of drug-likeness (QED) is 0.902. The van der Waals surface area contributed by atoms with E-state index in [-0.39, 0.29) is 34.8 Å². The summed E-state index contributed by atoms with van der Waals surface area (Å²) in [6, 6.07) is 6.03. The minimum atomic E-state index is -0.549. The van der Waals surface area contributed by atoms with Gasteiger partial charge in [0, 0.05) is 11.3 Å². The highest BCUT2D eigenvalue weighted by molar-refractivity contribution is 5.94. The van der Waals surface area contributed by atoms with Crippen LogP contribution in [-0.4, -0.2) is 17.7 Å². The fraction of sp³-hybridized carbons (Fsp3) is 0.600. The predicted octanol–water partition coefficient (Wildman–Crippen LogP) is 4.08. The van der Waals surface area contributed by atoms with E-state index in [4.69, 9.17) is 0 Å². The first-order valence-corrected chi connectivity index (χ1v) is 8.52. The first kappa shape index (κ1) is 18.6. The molecule has 2 unspecified atom stereocenters. The molecule has 1 saturated carbocycles. The molecular weight excluding hydrogens is 305 g/mol. The van der Waals surface area contributed by atoms with Crippen molar-refractivity contribution in [2.45, 2.75) is 59.9 Å². The van der Waals surface area contributed by atoms with Crippen molar-refractivity contribution in [2.75, 3.05) is 0 Å². The first-order valence-electron chi connectivity index (χ1n) is 8.52. The number of benzene rings is 1. The molecule has 1 N–H and O–H groups in total. The largest absolute Gasteiger partial charge is 0.345 e. The summed E-state index contributed by atoms with van der Waals surface area (Å²) in [5.74, 6) is -0.737. The number of hydrogen-bond donors (Lipinski definition) is 1. The number of amides is 1. The number of rotatable bonds is 4. The lowest BCUT2D eigenvalue weighted by Gasteiger charge is -2.34. The third kappa shape index (κ3) is 4.03. The molecule has 0 bridgehead atoms. The Balaban J connectivity index is 2.10. The van der Waals surface area contributed by atoms with E-state index in [1.807, 2.05) is 41.5 Å². The summed E-state index contributed by atoms with van der Waals surface area (Å²) in [5, 5.41) is 2.93. The summed E-state index contributed by atoms with van der Waals surface area (Å²) >= 11 is 0. The second-order valence-corrected chi connectivity index (χ2v) is 8.89. The molecule has 0 saturated heterocycles. The van der Waals surface area contributed by atoms with Crippen molar-refractivity contribution in [1.82, 2.24) is 5.32 Å². The van der Waals surface area contributed by atoms with Crippen molar-refractivity contribution in [3.8, 4) is 0 Å². The van der Waals surface area contributed by atoms with Gasteiger partial charge in [-0.2, -0.15) is 0 Å². The monoisotopic (exact) mass is 333 g/mol. The van der Waals surface area contributed by atoms with Crippen LogP contribution < -0.4 is 5.32 Å². The Hall–Kier alpha value is -1.71. The number of Topliss-reactive ketones (excluding diaryl/α,β-unsaturated/α-hetero) is 1. The minimum Gasteiger partial charge on any atom is -0.345 e. The van der Waals surface area contributed by atoms with Gasteiger partial charge in [0.25, 0.3) is 0 Å².